The van der Waals surface area contributed by atoms with Crippen LogP contribution < -0.4 is 10.1 Å². The Morgan fingerprint density at radius 3 is 2.79 bits per heavy atom. The molecule has 0 aliphatic carbocycles. The Bertz CT molecular complexity index is 405. The minimum absolute atomic E-state index is 0.237. The molecule has 0 bridgehead atoms. The van der Waals surface area contributed by atoms with Gasteiger partial charge in [-0.1, -0.05) is 11.6 Å². The van der Waals surface area contributed by atoms with Crippen molar-refractivity contribution in [1.82, 2.24) is 10.2 Å². The molecule has 1 unspecified atom stereocenters. The summed E-state index contributed by atoms with van der Waals surface area (Å²) >= 11 is 6.06. The van der Waals surface area contributed by atoms with E-state index in [9.17, 15) is 0 Å². The van der Waals surface area contributed by atoms with Crippen molar-refractivity contribution >= 4 is 11.6 Å². The van der Waals surface area contributed by atoms with Gasteiger partial charge in [-0.15, -0.1) is 0 Å². The Kier molecular flexibility index (Phi) is 5.49. The maximum Gasteiger partial charge on any atom is 0.124 e. The Hall–Kier alpha value is -0.770. The summed E-state index contributed by atoms with van der Waals surface area (Å²) in [5, 5.41) is 3.99. The number of rotatable bonds is 6. The fourth-order valence-electron chi connectivity index (χ4n) is 2.44. The molecule has 4 heteroatoms. The lowest BCUT2D eigenvalue weighted by Gasteiger charge is -2.19. The van der Waals surface area contributed by atoms with Crippen molar-refractivity contribution in [2.75, 3.05) is 33.3 Å². The first-order valence-corrected chi connectivity index (χ1v) is 7.40. The topological polar surface area (TPSA) is 24.5 Å². The van der Waals surface area contributed by atoms with E-state index in [1.54, 1.807) is 0 Å². The SMILES string of the molecule is CNC(C)c1cc(Cl)ccc1OCCN1CCCC1. The minimum Gasteiger partial charge on any atom is -0.492 e. The van der Waals surface area contributed by atoms with Crippen LogP contribution in [0.5, 0.6) is 5.75 Å². The molecular weight excluding hydrogens is 260 g/mol. The van der Waals surface area contributed by atoms with Crippen LogP contribution in [0.3, 0.4) is 0 Å². The lowest BCUT2D eigenvalue weighted by molar-refractivity contribution is 0.235. The molecule has 1 aromatic rings. The van der Waals surface area contributed by atoms with E-state index in [0.29, 0.717) is 0 Å². The first-order chi connectivity index (χ1) is 9.20. The summed E-state index contributed by atoms with van der Waals surface area (Å²) in [6.07, 6.45) is 2.64. The largest absolute Gasteiger partial charge is 0.492 e. The quantitative estimate of drug-likeness (QED) is 0.868. The highest BCUT2D eigenvalue weighted by Gasteiger charge is 2.13. The van der Waals surface area contributed by atoms with E-state index in [1.165, 1.54) is 25.9 Å². The zero-order valence-electron chi connectivity index (χ0n) is 11.8. The van der Waals surface area contributed by atoms with Gasteiger partial charge in [0.2, 0.25) is 0 Å². The molecule has 1 fully saturated rings. The molecule has 0 radical (unpaired) electrons. The van der Waals surface area contributed by atoms with E-state index in [-0.39, 0.29) is 6.04 Å². The van der Waals surface area contributed by atoms with Crippen molar-refractivity contribution in [3.8, 4) is 5.75 Å². The third-order valence-corrected chi connectivity index (χ3v) is 3.97. The van der Waals surface area contributed by atoms with Gasteiger partial charge in [-0.25, -0.2) is 0 Å². The summed E-state index contributed by atoms with van der Waals surface area (Å²) in [6, 6.07) is 6.07. The summed E-state index contributed by atoms with van der Waals surface area (Å²) in [7, 11) is 1.94. The molecule has 19 heavy (non-hydrogen) atoms. The number of ether oxygens (including phenoxy) is 1. The van der Waals surface area contributed by atoms with Crippen LogP contribution in [-0.2, 0) is 0 Å². The van der Waals surface area contributed by atoms with E-state index in [4.69, 9.17) is 16.3 Å². The highest BCUT2D eigenvalue weighted by Crippen LogP contribution is 2.28. The normalized spacial score (nSPS) is 17.6. The molecule has 1 heterocycles. The summed E-state index contributed by atoms with van der Waals surface area (Å²) in [4.78, 5) is 2.46. The van der Waals surface area contributed by atoms with Crippen molar-refractivity contribution in [2.45, 2.75) is 25.8 Å². The molecule has 0 spiro atoms. The second kappa shape index (κ2) is 7.13. The highest BCUT2D eigenvalue weighted by molar-refractivity contribution is 6.30. The van der Waals surface area contributed by atoms with Gasteiger partial charge in [0.05, 0.1) is 0 Å². The molecule has 1 aliphatic heterocycles. The van der Waals surface area contributed by atoms with Crippen LogP contribution in [0.2, 0.25) is 5.02 Å². The number of hydrogen-bond acceptors (Lipinski definition) is 3. The molecular formula is C15H23ClN2O. The first kappa shape index (κ1) is 14.6. The predicted molar refractivity (Wildman–Crippen MR) is 80.1 cm³/mol. The summed E-state index contributed by atoms with van der Waals surface area (Å²) in [5.74, 6) is 0.936. The fourth-order valence-corrected chi connectivity index (χ4v) is 2.62. The van der Waals surface area contributed by atoms with Gasteiger partial charge in [0.15, 0.2) is 0 Å². The van der Waals surface area contributed by atoms with Gasteiger partial charge in [0.25, 0.3) is 0 Å². The van der Waals surface area contributed by atoms with E-state index >= 15 is 0 Å². The van der Waals surface area contributed by atoms with Crippen LogP contribution in [0.15, 0.2) is 18.2 Å². The van der Waals surface area contributed by atoms with Crippen molar-refractivity contribution in [1.29, 1.82) is 0 Å². The number of benzene rings is 1. The molecule has 1 atom stereocenters. The monoisotopic (exact) mass is 282 g/mol. The molecule has 1 saturated heterocycles. The van der Waals surface area contributed by atoms with Crippen LogP contribution in [0.25, 0.3) is 0 Å². The highest BCUT2D eigenvalue weighted by atomic mass is 35.5. The number of hydrogen-bond donors (Lipinski definition) is 1. The van der Waals surface area contributed by atoms with E-state index < -0.39 is 0 Å². The number of nitrogens with zero attached hydrogens (tertiary/aromatic N) is 1. The number of nitrogens with one attached hydrogen (secondary N) is 1. The molecule has 1 aliphatic rings. The van der Waals surface area contributed by atoms with Gasteiger partial charge in [-0.05, 0) is 58.1 Å². The Labute approximate surface area is 120 Å². The van der Waals surface area contributed by atoms with Gasteiger partial charge < -0.3 is 10.1 Å². The lowest BCUT2D eigenvalue weighted by atomic mass is 10.1. The third kappa shape index (κ3) is 4.10. The first-order valence-electron chi connectivity index (χ1n) is 7.02. The molecule has 106 valence electrons. The van der Waals surface area contributed by atoms with Crippen LogP contribution in [0.4, 0.5) is 0 Å². The van der Waals surface area contributed by atoms with Crippen molar-refractivity contribution in [2.24, 2.45) is 0 Å². The average Bonchev–Trinajstić information content (AvgIpc) is 2.92. The van der Waals surface area contributed by atoms with Crippen LogP contribution in [0, 0.1) is 0 Å². The zero-order valence-corrected chi connectivity index (χ0v) is 12.5. The van der Waals surface area contributed by atoms with Crippen molar-refractivity contribution in [3.63, 3.8) is 0 Å². The van der Waals surface area contributed by atoms with Gasteiger partial charge in [-0.3, -0.25) is 4.90 Å². The van der Waals surface area contributed by atoms with Gasteiger partial charge in [0.1, 0.15) is 12.4 Å². The molecule has 1 N–H and O–H groups in total. The molecule has 0 saturated carbocycles. The lowest BCUT2D eigenvalue weighted by Crippen LogP contribution is -2.25. The van der Waals surface area contributed by atoms with E-state index in [1.807, 2.05) is 25.2 Å². The smallest absolute Gasteiger partial charge is 0.124 e. The Balaban J connectivity index is 1.94. The minimum atomic E-state index is 0.237. The van der Waals surface area contributed by atoms with Crippen LogP contribution in [-0.4, -0.2) is 38.2 Å². The maximum atomic E-state index is 6.06. The summed E-state index contributed by atoms with van der Waals surface area (Å²) in [6.45, 7) is 6.29. The number of halogens is 1. The van der Waals surface area contributed by atoms with Gasteiger partial charge in [0, 0.05) is 23.2 Å². The maximum absolute atomic E-state index is 6.06. The van der Waals surface area contributed by atoms with Crippen LogP contribution >= 0.6 is 11.6 Å². The summed E-state index contributed by atoms with van der Waals surface area (Å²) < 4.78 is 5.94. The van der Waals surface area contributed by atoms with E-state index in [0.717, 1.165) is 29.5 Å². The van der Waals surface area contributed by atoms with E-state index in [2.05, 4.69) is 17.1 Å². The van der Waals surface area contributed by atoms with Crippen LogP contribution in [0.1, 0.15) is 31.4 Å². The average molecular weight is 283 g/mol. The fraction of sp³-hybridized carbons (Fsp3) is 0.600. The number of likely N-dealkylation sites (tertiary alicyclic amines) is 1. The second-order valence-corrected chi connectivity index (χ2v) is 5.53. The predicted octanol–water partition coefficient (Wildman–Crippen LogP) is 3.10. The standard InChI is InChI=1S/C15H23ClN2O/c1-12(17-2)14-11-13(16)5-6-15(14)19-10-9-18-7-3-4-8-18/h5-6,11-12,17H,3-4,7-10H2,1-2H3. The van der Waals surface area contributed by atoms with Crippen molar-refractivity contribution < 1.29 is 4.74 Å². The molecule has 2 rings (SSSR count). The second-order valence-electron chi connectivity index (χ2n) is 5.09. The van der Waals surface area contributed by atoms with Gasteiger partial charge >= 0.3 is 0 Å². The van der Waals surface area contributed by atoms with Gasteiger partial charge in [-0.2, -0.15) is 0 Å². The molecule has 0 aromatic heterocycles. The molecule has 0 amide bonds. The Morgan fingerprint density at radius 1 is 1.37 bits per heavy atom. The summed E-state index contributed by atoms with van der Waals surface area (Å²) in [5.41, 5.74) is 1.12. The molecule has 3 nitrogen and oxygen atoms in total. The Morgan fingerprint density at radius 2 is 2.11 bits per heavy atom. The molecule has 1 aromatic carbocycles. The third-order valence-electron chi connectivity index (χ3n) is 3.74. The zero-order chi connectivity index (χ0) is 13.7. The van der Waals surface area contributed by atoms with Crippen molar-refractivity contribution in [3.05, 3.63) is 28.8 Å².